The molecule has 0 heterocycles. The van der Waals surface area contributed by atoms with Gasteiger partial charge in [-0.3, -0.25) is 0 Å². The molecule has 0 saturated carbocycles. The summed E-state index contributed by atoms with van der Waals surface area (Å²) < 4.78 is 0. The average Bonchev–Trinajstić information content (AvgIpc) is 3.15. The van der Waals surface area contributed by atoms with Gasteiger partial charge < -0.3 is 9.59 Å². The van der Waals surface area contributed by atoms with Crippen molar-refractivity contribution in [3.8, 4) is 0 Å². The van der Waals surface area contributed by atoms with E-state index in [2.05, 4.69) is 136 Å². The fraction of sp³-hybridized carbons (Fsp3) is 0.656. The summed E-state index contributed by atoms with van der Waals surface area (Å²) in [5, 5.41) is 3.04. The Morgan fingerprint density at radius 3 is 1.07 bits per heavy atom. The van der Waals surface area contributed by atoms with E-state index >= 15 is 0 Å². The molecular formula is C32H64O2Si7. The lowest BCUT2D eigenvalue weighted by Gasteiger charge is -2.46. The maximum atomic E-state index is 12.6. The molecule has 0 bridgehead atoms. The second kappa shape index (κ2) is 11.7. The van der Waals surface area contributed by atoms with Crippen LogP contribution in [0.15, 0.2) is 41.3 Å². The maximum absolute atomic E-state index is 12.6. The zero-order valence-electron chi connectivity index (χ0n) is 30.0. The maximum Gasteiger partial charge on any atom is 0.410 e. The van der Waals surface area contributed by atoms with Crippen molar-refractivity contribution in [3.63, 3.8) is 0 Å². The van der Waals surface area contributed by atoms with E-state index in [4.69, 9.17) is 0 Å². The van der Waals surface area contributed by atoms with Gasteiger partial charge in [0.05, 0.1) is 0 Å². The van der Waals surface area contributed by atoms with Crippen LogP contribution in [0, 0.1) is 0 Å². The van der Waals surface area contributed by atoms with Gasteiger partial charge in [-0.15, -0.1) is 5.73 Å². The van der Waals surface area contributed by atoms with E-state index in [-0.39, 0.29) is 0 Å². The number of hydrogen-bond acceptors (Lipinski definition) is 2. The van der Waals surface area contributed by atoms with E-state index in [0.717, 1.165) is 5.19 Å². The molecule has 1 aliphatic carbocycles. The molecule has 1 aliphatic rings. The van der Waals surface area contributed by atoms with Gasteiger partial charge in [0.1, 0.15) is 0 Å². The molecule has 0 radical (unpaired) electrons. The molecule has 0 amide bonds. The Kier molecular flexibility index (Phi) is 10.6. The van der Waals surface area contributed by atoms with Crippen LogP contribution >= 0.6 is 0 Å². The third-order valence-electron chi connectivity index (χ3n) is 8.70. The van der Waals surface area contributed by atoms with Crippen molar-refractivity contribution in [2.45, 2.75) is 133 Å². The van der Waals surface area contributed by atoms with Crippen molar-refractivity contribution in [2.24, 2.45) is 0 Å². The van der Waals surface area contributed by atoms with Crippen molar-refractivity contribution < 1.29 is 9.59 Å². The molecule has 2 N–H and O–H groups in total. The highest BCUT2D eigenvalue weighted by Crippen LogP contribution is 2.45. The van der Waals surface area contributed by atoms with E-state index in [0.29, 0.717) is 20.7 Å². The molecule has 0 fully saturated rings. The third-order valence-corrected chi connectivity index (χ3v) is 38.9. The molecule has 0 atom stereocenters. The Balaban J connectivity index is 3.41. The predicted octanol–water partition coefficient (Wildman–Crippen LogP) is 9.03. The minimum absolute atomic E-state index is 0.428. The fourth-order valence-electron chi connectivity index (χ4n) is 9.18. The predicted molar refractivity (Wildman–Crippen MR) is 205 cm³/mol. The second-order valence-electron chi connectivity index (χ2n) is 19.3. The Morgan fingerprint density at radius 2 is 0.829 bits per heavy atom. The molecule has 9 heteroatoms. The van der Waals surface area contributed by atoms with E-state index in [9.17, 15) is 9.59 Å². The lowest BCUT2D eigenvalue weighted by atomic mass is 10.1. The first kappa shape index (κ1) is 37.1. The second-order valence-corrected chi connectivity index (χ2v) is 55.3. The van der Waals surface area contributed by atoms with Gasteiger partial charge in [0.2, 0.25) is 0 Å². The lowest BCUT2D eigenvalue weighted by Crippen LogP contribution is -2.60. The van der Waals surface area contributed by atoms with Crippen LogP contribution in [0.2, 0.25) is 118 Å². The van der Waals surface area contributed by atoms with Crippen LogP contribution in [0.25, 0.3) is 0 Å². The van der Waals surface area contributed by atoms with Crippen LogP contribution in [0.5, 0.6) is 0 Å². The smallest absolute Gasteiger partial charge is 0.404 e. The summed E-state index contributed by atoms with van der Waals surface area (Å²) in [6.07, 6.45) is 5.69. The van der Waals surface area contributed by atoms with Gasteiger partial charge >= 0.3 is 8.56 Å². The molecule has 2 nitrogen and oxygen atoms in total. The number of rotatable bonds is 11. The summed E-state index contributed by atoms with van der Waals surface area (Å²) in [6.45, 7) is 45.5. The van der Waals surface area contributed by atoms with Gasteiger partial charge in [-0.05, 0) is 44.3 Å². The highest BCUT2D eigenvalue weighted by molar-refractivity contribution is 6.99. The molecule has 232 valence electrons. The largest absolute Gasteiger partial charge is 0.410 e. The quantitative estimate of drug-likeness (QED) is 0.181. The van der Waals surface area contributed by atoms with Gasteiger partial charge in [-0.1, -0.05) is 136 Å². The normalized spacial score (nSPS) is 16.0. The SMILES string of the molecule is C[Si](C)(C)C(c1cc(C([Si](C)(C)C)[Si](C)(C)C)c([Si](O)(O)C2=C=CC=C2)c(C([Si](C)(C)C)[Si](C)(C)C)c1)[Si](C)(C)C. The summed E-state index contributed by atoms with van der Waals surface area (Å²) in [6, 6.07) is 5.12. The monoisotopic (exact) mass is 676 g/mol. The number of hydrogen-bond donors (Lipinski definition) is 2. The molecule has 0 saturated heterocycles. The standard InChI is InChI=1S/C32H64O2Si7/c1-35(2,3)30(36(4,5)6)25-23-27(31(37(7,8)9)38(10,11)12)29(41(33,34)26-21-19-20-22-26)28(24-25)32(39(13,14)15)40(16,17)18/h19-21,23-24,30-34H,1-18H3. The van der Waals surface area contributed by atoms with E-state index in [1.54, 1.807) is 0 Å². The van der Waals surface area contributed by atoms with Crippen LogP contribution in [0.1, 0.15) is 32.2 Å². The van der Waals surface area contributed by atoms with Gasteiger partial charge in [0.15, 0.2) is 0 Å². The zero-order valence-corrected chi connectivity index (χ0v) is 37.0. The van der Waals surface area contributed by atoms with Crippen LogP contribution in [-0.2, 0) is 0 Å². The Labute approximate surface area is 261 Å². The van der Waals surface area contributed by atoms with E-state index < -0.39 is 57.0 Å². The molecular weight excluding hydrogens is 613 g/mol. The summed E-state index contributed by atoms with van der Waals surface area (Å²) in [4.78, 5) is 25.1. The lowest BCUT2D eigenvalue weighted by molar-refractivity contribution is 0.395. The fourth-order valence-corrected chi connectivity index (χ4v) is 50.0. The summed E-state index contributed by atoms with van der Waals surface area (Å²) in [5.41, 5.74) is 7.44. The Morgan fingerprint density at radius 1 is 0.512 bits per heavy atom. The molecule has 0 unspecified atom stereocenters. The molecule has 0 aromatic heterocycles. The van der Waals surface area contributed by atoms with E-state index in [1.165, 1.54) is 16.7 Å². The Hall–Kier alpha value is -0.0818. The highest BCUT2D eigenvalue weighted by Gasteiger charge is 2.51. The summed E-state index contributed by atoms with van der Waals surface area (Å²) in [7, 11) is -14.2. The van der Waals surface area contributed by atoms with Crippen LogP contribution in [-0.4, -0.2) is 66.6 Å². The average molecular weight is 677 g/mol. The number of allylic oxidation sites excluding steroid dienone is 3. The minimum Gasteiger partial charge on any atom is -0.404 e. The minimum atomic E-state index is -4.03. The number of benzene rings is 1. The molecule has 41 heavy (non-hydrogen) atoms. The molecule has 1 aromatic rings. The molecule has 0 aliphatic heterocycles. The van der Waals surface area contributed by atoms with Gasteiger partial charge in [0.25, 0.3) is 0 Å². The van der Waals surface area contributed by atoms with E-state index in [1.807, 2.05) is 18.2 Å². The Bertz CT molecular complexity index is 1120. The van der Waals surface area contributed by atoms with Crippen molar-refractivity contribution >= 4 is 62.2 Å². The first-order valence-corrected chi connectivity index (χ1v) is 39.1. The highest BCUT2D eigenvalue weighted by atomic mass is 28.4. The van der Waals surface area contributed by atoms with Gasteiger partial charge in [0, 0.05) is 58.8 Å². The molecule has 1 aromatic carbocycles. The molecule has 0 spiro atoms. The molecule has 2 rings (SSSR count). The first-order chi connectivity index (χ1) is 17.9. The van der Waals surface area contributed by atoms with Crippen LogP contribution < -0.4 is 5.19 Å². The van der Waals surface area contributed by atoms with Crippen molar-refractivity contribution in [1.29, 1.82) is 0 Å². The topological polar surface area (TPSA) is 40.5 Å². The van der Waals surface area contributed by atoms with Crippen LogP contribution in [0.3, 0.4) is 0 Å². The third kappa shape index (κ3) is 8.35. The zero-order chi connectivity index (χ0) is 32.4. The van der Waals surface area contributed by atoms with Gasteiger partial charge in [-0.25, -0.2) is 0 Å². The van der Waals surface area contributed by atoms with Crippen LogP contribution in [0.4, 0.5) is 0 Å². The first-order valence-electron chi connectivity index (χ1n) is 15.7. The van der Waals surface area contributed by atoms with Crippen molar-refractivity contribution in [3.05, 3.63) is 58.0 Å². The van der Waals surface area contributed by atoms with Crippen molar-refractivity contribution in [1.82, 2.24) is 0 Å². The van der Waals surface area contributed by atoms with Gasteiger partial charge in [-0.2, -0.15) is 0 Å². The van der Waals surface area contributed by atoms with Crippen molar-refractivity contribution in [2.75, 3.05) is 0 Å². The summed E-state index contributed by atoms with van der Waals surface area (Å²) >= 11 is 0. The summed E-state index contributed by atoms with van der Waals surface area (Å²) in [5.74, 6) is 0.